The van der Waals surface area contributed by atoms with Gasteiger partial charge in [0, 0.05) is 20.2 Å². The summed E-state index contributed by atoms with van der Waals surface area (Å²) < 4.78 is 11.0. The van der Waals surface area contributed by atoms with Crippen LogP contribution in [0.1, 0.15) is 32.1 Å². The number of benzene rings is 1. The molecular formula is C20H33NO2Si. The maximum atomic E-state index is 5.52. The minimum atomic E-state index is -1.37. The number of hydrogen-bond acceptors (Lipinski definition) is 3. The molecule has 0 spiro atoms. The Bertz CT molecular complexity index is 508. The van der Waals surface area contributed by atoms with E-state index >= 15 is 0 Å². The third-order valence-corrected chi connectivity index (χ3v) is 11.6. The molecule has 0 aromatic heterocycles. The Morgan fingerprint density at radius 3 is 2.50 bits per heavy atom. The maximum Gasteiger partial charge on any atom is 0.118 e. The van der Waals surface area contributed by atoms with Crippen LogP contribution in [0.4, 0.5) is 0 Å². The summed E-state index contributed by atoms with van der Waals surface area (Å²) in [5, 5.41) is 1.63. The molecule has 1 aromatic carbocycles. The first-order chi connectivity index (χ1) is 11.8. The second-order valence-electron chi connectivity index (χ2n) is 7.60. The van der Waals surface area contributed by atoms with Gasteiger partial charge in [0.15, 0.2) is 0 Å². The van der Waals surface area contributed by atoms with Crippen LogP contribution in [0.3, 0.4) is 0 Å². The summed E-state index contributed by atoms with van der Waals surface area (Å²) in [5.74, 6) is 1.03. The van der Waals surface area contributed by atoms with Crippen molar-refractivity contribution in [2.24, 2.45) is 0 Å². The van der Waals surface area contributed by atoms with E-state index in [1.165, 1.54) is 69.9 Å². The molecule has 2 saturated heterocycles. The minimum Gasteiger partial charge on any atom is -0.497 e. The number of ether oxygens (including phenoxy) is 2. The van der Waals surface area contributed by atoms with E-state index in [2.05, 4.69) is 29.2 Å². The van der Waals surface area contributed by atoms with Gasteiger partial charge in [-0.15, -0.1) is 0 Å². The summed E-state index contributed by atoms with van der Waals surface area (Å²) >= 11 is 0. The molecule has 3 nitrogen and oxygen atoms in total. The van der Waals surface area contributed by atoms with Gasteiger partial charge in [0.05, 0.1) is 21.3 Å². The summed E-state index contributed by atoms with van der Waals surface area (Å²) in [6.07, 6.45) is 7.16. The normalized spacial score (nSPS) is 22.4. The van der Waals surface area contributed by atoms with Gasteiger partial charge in [0.25, 0.3) is 0 Å². The van der Waals surface area contributed by atoms with Gasteiger partial charge < -0.3 is 14.4 Å². The van der Waals surface area contributed by atoms with E-state index in [0.29, 0.717) is 6.10 Å². The number of rotatable bonds is 6. The van der Waals surface area contributed by atoms with E-state index in [0.717, 1.165) is 5.75 Å². The molecule has 0 aliphatic carbocycles. The molecule has 2 aliphatic heterocycles. The van der Waals surface area contributed by atoms with Gasteiger partial charge in [-0.05, 0) is 37.6 Å². The van der Waals surface area contributed by atoms with Crippen LogP contribution in [0.25, 0.3) is 0 Å². The highest BCUT2D eigenvalue weighted by molar-refractivity contribution is 6.92. The van der Waals surface area contributed by atoms with Crippen molar-refractivity contribution in [3.8, 4) is 5.75 Å². The van der Waals surface area contributed by atoms with E-state index < -0.39 is 8.07 Å². The summed E-state index contributed by atoms with van der Waals surface area (Å²) in [6.45, 7) is 3.70. The molecule has 0 radical (unpaired) electrons. The average Bonchev–Trinajstić information content (AvgIpc) is 2.67. The van der Waals surface area contributed by atoms with E-state index in [4.69, 9.17) is 9.47 Å². The van der Waals surface area contributed by atoms with Gasteiger partial charge >= 0.3 is 0 Å². The topological polar surface area (TPSA) is 21.7 Å². The molecule has 0 unspecified atom stereocenters. The minimum absolute atomic E-state index is 0.487. The van der Waals surface area contributed by atoms with Gasteiger partial charge in [-0.25, -0.2) is 0 Å². The third-order valence-electron chi connectivity index (χ3n) is 6.27. The predicted molar refractivity (Wildman–Crippen MR) is 103 cm³/mol. The van der Waals surface area contributed by atoms with E-state index in [1.54, 1.807) is 12.3 Å². The van der Waals surface area contributed by atoms with Crippen molar-refractivity contribution in [3.63, 3.8) is 0 Å². The first-order valence-corrected chi connectivity index (χ1v) is 12.3. The molecule has 3 rings (SSSR count). The fraction of sp³-hybridized carbons (Fsp3) is 0.700. The van der Waals surface area contributed by atoms with E-state index in [-0.39, 0.29) is 0 Å². The van der Waals surface area contributed by atoms with Gasteiger partial charge in [-0.2, -0.15) is 0 Å². The predicted octanol–water partition coefficient (Wildman–Crippen LogP) is 3.65. The number of nitrogens with zero attached hydrogens (tertiary/aromatic N) is 1. The first-order valence-electron chi connectivity index (χ1n) is 9.65. The molecule has 0 bridgehead atoms. The van der Waals surface area contributed by atoms with Crippen LogP contribution in [0, 0.1) is 0 Å². The molecule has 0 saturated carbocycles. The average molecular weight is 348 g/mol. The number of hydrogen-bond donors (Lipinski definition) is 0. The highest BCUT2D eigenvalue weighted by Gasteiger charge is 2.37. The van der Waals surface area contributed by atoms with Crippen LogP contribution >= 0.6 is 0 Å². The molecule has 0 N–H and O–H groups in total. The van der Waals surface area contributed by atoms with Crippen molar-refractivity contribution in [1.82, 2.24) is 4.90 Å². The zero-order chi connectivity index (χ0) is 16.8. The highest BCUT2D eigenvalue weighted by Crippen LogP contribution is 2.33. The molecule has 1 aromatic rings. The second-order valence-corrected chi connectivity index (χ2v) is 12.2. The van der Waals surface area contributed by atoms with Crippen molar-refractivity contribution >= 4 is 13.3 Å². The van der Waals surface area contributed by atoms with Crippen molar-refractivity contribution in [1.29, 1.82) is 0 Å². The molecule has 2 fully saturated rings. The molecule has 0 atom stereocenters. The van der Waals surface area contributed by atoms with Gasteiger partial charge in [0.1, 0.15) is 5.75 Å². The Morgan fingerprint density at radius 1 is 1.08 bits per heavy atom. The van der Waals surface area contributed by atoms with Crippen LogP contribution in [-0.2, 0) is 4.74 Å². The lowest BCUT2D eigenvalue weighted by atomic mass is 10.1. The number of piperidine rings is 1. The van der Waals surface area contributed by atoms with E-state index in [9.17, 15) is 0 Å². The van der Waals surface area contributed by atoms with Crippen molar-refractivity contribution in [3.05, 3.63) is 24.3 Å². The molecule has 2 aliphatic rings. The Morgan fingerprint density at radius 2 is 1.83 bits per heavy atom. The lowest BCUT2D eigenvalue weighted by Gasteiger charge is -2.39. The molecule has 134 valence electrons. The monoisotopic (exact) mass is 347 g/mol. The third kappa shape index (κ3) is 4.22. The smallest absolute Gasteiger partial charge is 0.118 e. The van der Waals surface area contributed by atoms with E-state index in [1.807, 2.05) is 7.11 Å². The Balaban J connectivity index is 1.67. The molecule has 24 heavy (non-hydrogen) atoms. The summed E-state index contributed by atoms with van der Waals surface area (Å²) in [4.78, 5) is 2.68. The van der Waals surface area contributed by atoms with Crippen LogP contribution in [0.2, 0.25) is 18.1 Å². The molecule has 2 heterocycles. The van der Waals surface area contributed by atoms with Gasteiger partial charge in [-0.1, -0.05) is 48.7 Å². The molecular weight excluding hydrogens is 314 g/mol. The maximum absolute atomic E-state index is 5.52. The standard InChI is InChI=1S/C20H33NO2Si/c1-22-18-9-11-21(12-10-18)13-16-24(14-4-3-5-15-24)20-8-6-7-19(17-20)23-2/h6-8,17-18H,3-5,9-16H2,1-2H3. The van der Waals surface area contributed by atoms with Crippen LogP contribution in [0.15, 0.2) is 24.3 Å². The highest BCUT2D eigenvalue weighted by atomic mass is 28.3. The Hall–Kier alpha value is -0.843. The summed E-state index contributed by atoms with van der Waals surface area (Å²) in [7, 11) is 2.27. The lowest BCUT2D eigenvalue weighted by molar-refractivity contribution is 0.0426. The lowest BCUT2D eigenvalue weighted by Crippen LogP contribution is -2.51. The van der Waals surface area contributed by atoms with Crippen LogP contribution < -0.4 is 9.92 Å². The van der Waals surface area contributed by atoms with Crippen LogP contribution in [0.5, 0.6) is 5.75 Å². The van der Waals surface area contributed by atoms with Crippen LogP contribution in [-0.4, -0.2) is 52.9 Å². The van der Waals surface area contributed by atoms with Crippen molar-refractivity contribution < 1.29 is 9.47 Å². The first kappa shape index (κ1) is 18.0. The summed E-state index contributed by atoms with van der Waals surface area (Å²) in [5.41, 5.74) is 0. The molecule has 0 amide bonds. The van der Waals surface area contributed by atoms with Crippen molar-refractivity contribution in [2.75, 3.05) is 33.9 Å². The Kier molecular flexibility index (Phi) is 6.36. The SMILES string of the molecule is COc1cccc([Si]2(CCN3CCC(OC)CC3)CCCCC2)c1. The van der Waals surface area contributed by atoms with Crippen molar-refractivity contribution in [2.45, 2.75) is 56.3 Å². The van der Waals surface area contributed by atoms with Gasteiger partial charge in [-0.3, -0.25) is 0 Å². The molecule has 4 heteroatoms. The second kappa shape index (κ2) is 8.50. The summed E-state index contributed by atoms with van der Waals surface area (Å²) in [6, 6.07) is 13.4. The quantitative estimate of drug-likeness (QED) is 0.733. The van der Waals surface area contributed by atoms with Gasteiger partial charge in [0.2, 0.25) is 0 Å². The number of likely N-dealkylation sites (tertiary alicyclic amines) is 1. The Labute approximate surface area is 148 Å². The largest absolute Gasteiger partial charge is 0.497 e. The number of methoxy groups -OCH3 is 2. The zero-order valence-electron chi connectivity index (χ0n) is 15.4. The fourth-order valence-electron chi connectivity index (χ4n) is 4.61. The zero-order valence-corrected chi connectivity index (χ0v) is 16.4. The fourth-order valence-corrected chi connectivity index (χ4v) is 9.72.